The molecule has 5 heteroatoms. The van der Waals surface area contributed by atoms with Gasteiger partial charge < -0.3 is 9.84 Å². The van der Waals surface area contributed by atoms with Gasteiger partial charge in [0.05, 0.1) is 10.5 Å². The molecule has 0 spiro atoms. The van der Waals surface area contributed by atoms with Crippen LogP contribution < -0.4 is 0 Å². The molecule has 3 nitrogen and oxygen atoms in total. The number of pyridine rings is 1. The first-order valence-electron chi connectivity index (χ1n) is 7.52. The second-order valence-corrected chi connectivity index (χ2v) is 6.88. The molecular weight excluding hydrogens is 342 g/mol. The fourth-order valence-corrected chi connectivity index (χ4v) is 3.65. The molecule has 1 aliphatic heterocycles. The number of hydrogen-bond acceptors (Lipinski definition) is 4. The lowest BCUT2D eigenvalue weighted by Gasteiger charge is -2.37. The predicted octanol–water partition coefficient (Wildman–Crippen LogP) is 5.01. The summed E-state index contributed by atoms with van der Waals surface area (Å²) in [5.41, 5.74) is 2.58. The van der Waals surface area contributed by atoms with Crippen LogP contribution in [0.4, 0.5) is 0 Å². The molecule has 0 fully saturated rings. The minimum absolute atomic E-state index is 0.283. The Morgan fingerprint density at radius 2 is 1.96 bits per heavy atom. The van der Waals surface area contributed by atoms with Gasteiger partial charge in [0.2, 0.25) is 0 Å². The van der Waals surface area contributed by atoms with Crippen LogP contribution in [0, 0.1) is 0 Å². The number of aliphatic hydroxyl groups is 1. The van der Waals surface area contributed by atoms with Crippen molar-refractivity contribution in [3.8, 4) is 0 Å². The maximum absolute atomic E-state index is 10.9. The van der Waals surface area contributed by atoms with Crippen LogP contribution >= 0.6 is 22.9 Å². The highest BCUT2D eigenvalue weighted by Crippen LogP contribution is 2.50. The predicted molar refractivity (Wildman–Crippen MR) is 95.7 cm³/mol. The molecule has 3 heterocycles. The van der Waals surface area contributed by atoms with Gasteiger partial charge in [0.25, 0.3) is 0 Å². The topological polar surface area (TPSA) is 42.4 Å². The van der Waals surface area contributed by atoms with E-state index in [1.54, 1.807) is 23.7 Å². The smallest absolute Gasteiger partial charge is 0.152 e. The molecule has 0 bridgehead atoms. The Kier molecular flexibility index (Phi) is 4.10. The molecular formula is C19H14ClNO2S. The zero-order valence-corrected chi connectivity index (χ0v) is 14.2. The first-order chi connectivity index (χ1) is 11.7. The fraction of sp³-hybridized carbons (Fsp3) is 0.105. The second-order valence-electron chi connectivity index (χ2n) is 5.50. The molecule has 1 N–H and O–H groups in total. The normalized spacial score (nSPS) is 18.0. The number of ether oxygens (including phenoxy) is 1. The summed E-state index contributed by atoms with van der Waals surface area (Å²) >= 11 is 7.57. The average molecular weight is 356 g/mol. The van der Waals surface area contributed by atoms with Crippen LogP contribution in [0.15, 0.2) is 71.9 Å². The molecule has 0 radical (unpaired) electrons. The summed E-state index contributed by atoms with van der Waals surface area (Å²) in [5, 5.41) is 13.6. The number of halogens is 1. The quantitative estimate of drug-likeness (QED) is 0.715. The lowest BCUT2D eigenvalue weighted by Crippen LogP contribution is -2.24. The third-order valence-corrected chi connectivity index (χ3v) is 5.11. The van der Waals surface area contributed by atoms with Gasteiger partial charge >= 0.3 is 0 Å². The van der Waals surface area contributed by atoms with E-state index in [1.165, 1.54) is 0 Å². The molecule has 2 atom stereocenters. The van der Waals surface area contributed by atoms with E-state index in [0.717, 1.165) is 27.3 Å². The molecule has 1 aliphatic rings. The van der Waals surface area contributed by atoms with E-state index in [2.05, 4.69) is 4.98 Å². The third-order valence-electron chi connectivity index (χ3n) is 3.99. The summed E-state index contributed by atoms with van der Waals surface area (Å²) in [6, 6.07) is 15.2. The molecule has 24 heavy (non-hydrogen) atoms. The Balaban J connectivity index is 1.76. The summed E-state index contributed by atoms with van der Waals surface area (Å²) in [5.74, 6) is 0.751. The van der Waals surface area contributed by atoms with Crippen molar-refractivity contribution in [1.82, 2.24) is 4.98 Å². The number of thiophene rings is 1. The largest absolute Gasteiger partial charge is 0.479 e. The van der Waals surface area contributed by atoms with Gasteiger partial charge in [0.1, 0.15) is 11.9 Å². The molecule has 0 saturated carbocycles. The standard InChI is InChI=1S/C19H14ClNO2S/c20-14-7-5-12(6-8-14)18-16(17(22)13-3-1-9-21-11-13)19(23-18)15-4-2-10-24-15/h1-11,17-18,22H. The monoisotopic (exact) mass is 355 g/mol. The van der Waals surface area contributed by atoms with Crippen molar-refractivity contribution in [3.63, 3.8) is 0 Å². The Morgan fingerprint density at radius 1 is 1.12 bits per heavy atom. The van der Waals surface area contributed by atoms with E-state index in [1.807, 2.05) is 53.9 Å². The minimum Gasteiger partial charge on any atom is -0.479 e. The molecule has 0 aliphatic carbocycles. The van der Waals surface area contributed by atoms with E-state index < -0.39 is 6.10 Å². The van der Waals surface area contributed by atoms with Crippen LogP contribution in [-0.4, -0.2) is 10.1 Å². The van der Waals surface area contributed by atoms with Gasteiger partial charge in [-0.1, -0.05) is 35.9 Å². The highest BCUT2D eigenvalue weighted by Gasteiger charge is 2.39. The summed E-state index contributed by atoms with van der Waals surface area (Å²) in [4.78, 5) is 5.12. The summed E-state index contributed by atoms with van der Waals surface area (Å²) in [6.07, 6.45) is 2.33. The Labute approximate surface area is 148 Å². The molecule has 120 valence electrons. The van der Waals surface area contributed by atoms with Gasteiger partial charge in [-0.3, -0.25) is 4.98 Å². The minimum atomic E-state index is -0.759. The van der Waals surface area contributed by atoms with Crippen LogP contribution in [0.2, 0.25) is 5.02 Å². The van der Waals surface area contributed by atoms with Crippen molar-refractivity contribution in [2.75, 3.05) is 0 Å². The van der Waals surface area contributed by atoms with Crippen LogP contribution in [0.3, 0.4) is 0 Å². The number of hydrogen-bond donors (Lipinski definition) is 1. The van der Waals surface area contributed by atoms with E-state index in [0.29, 0.717) is 5.02 Å². The SMILES string of the molecule is OC(C1=C(c2cccs2)OC1c1ccc(Cl)cc1)c1cccnc1. The van der Waals surface area contributed by atoms with Crippen molar-refractivity contribution in [2.24, 2.45) is 0 Å². The van der Waals surface area contributed by atoms with Gasteiger partial charge in [-0.25, -0.2) is 0 Å². The molecule has 1 aromatic carbocycles. The second kappa shape index (κ2) is 6.40. The van der Waals surface area contributed by atoms with E-state index >= 15 is 0 Å². The number of aliphatic hydroxyl groups excluding tert-OH is 1. The molecule has 0 saturated heterocycles. The Morgan fingerprint density at radius 3 is 2.62 bits per heavy atom. The van der Waals surface area contributed by atoms with Gasteiger partial charge in [0.15, 0.2) is 6.10 Å². The van der Waals surface area contributed by atoms with Gasteiger partial charge in [-0.2, -0.15) is 0 Å². The van der Waals surface area contributed by atoms with Crippen LogP contribution in [0.25, 0.3) is 5.76 Å². The maximum Gasteiger partial charge on any atom is 0.152 e. The number of aromatic nitrogens is 1. The van der Waals surface area contributed by atoms with Crippen molar-refractivity contribution in [3.05, 3.63) is 92.9 Å². The highest BCUT2D eigenvalue weighted by molar-refractivity contribution is 7.11. The maximum atomic E-state index is 10.9. The van der Waals surface area contributed by atoms with E-state index in [4.69, 9.17) is 16.3 Å². The molecule has 0 amide bonds. The Hall–Kier alpha value is -2.14. The van der Waals surface area contributed by atoms with E-state index in [-0.39, 0.29) is 6.10 Å². The van der Waals surface area contributed by atoms with Gasteiger partial charge in [0, 0.05) is 23.0 Å². The summed E-state index contributed by atoms with van der Waals surface area (Å²) < 4.78 is 6.03. The summed E-state index contributed by atoms with van der Waals surface area (Å²) in [6.45, 7) is 0. The van der Waals surface area contributed by atoms with Crippen molar-refractivity contribution in [1.29, 1.82) is 0 Å². The highest BCUT2D eigenvalue weighted by atomic mass is 35.5. The van der Waals surface area contributed by atoms with Crippen LogP contribution in [0.1, 0.15) is 28.2 Å². The lowest BCUT2D eigenvalue weighted by atomic mass is 9.88. The van der Waals surface area contributed by atoms with Crippen LogP contribution in [0.5, 0.6) is 0 Å². The zero-order chi connectivity index (χ0) is 16.5. The Bertz CT molecular complexity index is 860. The van der Waals surface area contributed by atoms with Crippen molar-refractivity contribution < 1.29 is 9.84 Å². The lowest BCUT2D eigenvalue weighted by molar-refractivity contribution is 0.0944. The van der Waals surface area contributed by atoms with Crippen molar-refractivity contribution >= 4 is 28.7 Å². The molecule has 3 aromatic rings. The molecule has 2 unspecified atom stereocenters. The van der Waals surface area contributed by atoms with Crippen molar-refractivity contribution in [2.45, 2.75) is 12.2 Å². The molecule has 2 aromatic heterocycles. The number of nitrogens with zero attached hydrogens (tertiary/aromatic N) is 1. The number of benzene rings is 1. The summed E-state index contributed by atoms with van der Waals surface area (Å²) in [7, 11) is 0. The van der Waals surface area contributed by atoms with Gasteiger partial charge in [-0.05, 0) is 35.2 Å². The zero-order valence-electron chi connectivity index (χ0n) is 12.6. The third kappa shape index (κ3) is 2.73. The van der Waals surface area contributed by atoms with Crippen LogP contribution in [-0.2, 0) is 4.74 Å². The van der Waals surface area contributed by atoms with Gasteiger partial charge in [-0.15, -0.1) is 11.3 Å². The number of rotatable bonds is 4. The molecule has 4 rings (SSSR count). The fourth-order valence-electron chi connectivity index (χ4n) is 2.79. The average Bonchev–Trinajstić information content (AvgIpc) is 3.10. The first-order valence-corrected chi connectivity index (χ1v) is 8.78. The van der Waals surface area contributed by atoms with E-state index in [9.17, 15) is 5.11 Å². The first kappa shape index (κ1) is 15.4.